The van der Waals surface area contributed by atoms with Crippen molar-refractivity contribution < 1.29 is 4.74 Å². The summed E-state index contributed by atoms with van der Waals surface area (Å²) in [5.41, 5.74) is 0.245. The average Bonchev–Trinajstić information content (AvgIpc) is 2.39. The fraction of sp³-hybridized carbons (Fsp3) is 1.00. The highest BCUT2D eigenvalue weighted by atomic mass is 16.5. The van der Waals surface area contributed by atoms with E-state index in [0.29, 0.717) is 6.04 Å². The van der Waals surface area contributed by atoms with Gasteiger partial charge in [0.2, 0.25) is 0 Å². The second-order valence-electron chi connectivity index (χ2n) is 5.82. The van der Waals surface area contributed by atoms with Crippen LogP contribution >= 0.6 is 0 Å². The van der Waals surface area contributed by atoms with E-state index in [1.807, 2.05) is 0 Å². The predicted molar refractivity (Wildman–Crippen MR) is 70.4 cm³/mol. The molecule has 2 heterocycles. The lowest BCUT2D eigenvalue weighted by Crippen LogP contribution is -2.56. The Hall–Kier alpha value is -0.160. The summed E-state index contributed by atoms with van der Waals surface area (Å²) >= 11 is 0. The lowest BCUT2D eigenvalue weighted by Gasteiger charge is -2.42. The van der Waals surface area contributed by atoms with Gasteiger partial charge in [-0.25, -0.2) is 0 Å². The summed E-state index contributed by atoms with van der Waals surface area (Å²) in [7, 11) is 0. The number of hydrogen-bond donors (Lipinski definition) is 2. The molecule has 2 fully saturated rings. The molecule has 4 heteroatoms. The molecular formula is C13H27N3O. The zero-order valence-electron chi connectivity index (χ0n) is 11.3. The van der Waals surface area contributed by atoms with E-state index in [4.69, 9.17) is 4.74 Å². The van der Waals surface area contributed by atoms with E-state index in [0.717, 1.165) is 45.9 Å². The molecule has 4 nitrogen and oxygen atoms in total. The minimum Gasteiger partial charge on any atom is -0.379 e. The molecule has 0 bridgehead atoms. The number of ether oxygens (including phenoxy) is 1. The van der Waals surface area contributed by atoms with Crippen molar-refractivity contribution in [2.45, 2.75) is 38.3 Å². The molecule has 0 aromatic heterocycles. The molecule has 0 spiro atoms. The third kappa shape index (κ3) is 3.91. The van der Waals surface area contributed by atoms with E-state index in [2.05, 4.69) is 29.4 Å². The van der Waals surface area contributed by atoms with Gasteiger partial charge in [-0.3, -0.25) is 4.90 Å². The highest BCUT2D eigenvalue weighted by Crippen LogP contribution is 2.16. The minimum atomic E-state index is 0.245. The topological polar surface area (TPSA) is 36.5 Å². The van der Waals surface area contributed by atoms with Crippen molar-refractivity contribution >= 4 is 0 Å². The first-order valence-electron chi connectivity index (χ1n) is 6.95. The van der Waals surface area contributed by atoms with Crippen LogP contribution in [0.4, 0.5) is 0 Å². The number of hydrogen-bond acceptors (Lipinski definition) is 4. The second-order valence-corrected chi connectivity index (χ2v) is 5.82. The molecule has 0 amide bonds. The van der Waals surface area contributed by atoms with Crippen LogP contribution in [0.2, 0.25) is 0 Å². The van der Waals surface area contributed by atoms with Crippen LogP contribution < -0.4 is 10.6 Å². The molecule has 0 aromatic rings. The van der Waals surface area contributed by atoms with E-state index in [-0.39, 0.29) is 5.54 Å². The molecule has 100 valence electrons. The molecule has 17 heavy (non-hydrogen) atoms. The zero-order valence-corrected chi connectivity index (χ0v) is 11.3. The maximum Gasteiger partial charge on any atom is 0.0594 e. The Balaban J connectivity index is 1.75. The third-order valence-corrected chi connectivity index (χ3v) is 4.03. The molecular weight excluding hydrogens is 214 g/mol. The summed E-state index contributed by atoms with van der Waals surface area (Å²) < 4.78 is 5.42. The van der Waals surface area contributed by atoms with E-state index < -0.39 is 0 Å². The fourth-order valence-corrected chi connectivity index (χ4v) is 2.70. The lowest BCUT2D eigenvalue weighted by atomic mass is 10.00. The number of nitrogens with zero attached hydrogens (tertiary/aromatic N) is 1. The number of rotatable bonds is 4. The minimum absolute atomic E-state index is 0.245. The second kappa shape index (κ2) is 6.14. The maximum absolute atomic E-state index is 5.42. The summed E-state index contributed by atoms with van der Waals surface area (Å²) in [6.45, 7) is 12.0. The molecule has 0 unspecified atom stereocenters. The Kier molecular flexibility index (Phi) is 4.79. The van der Waals surface area contributed by atoms with Crippen molar-refractivity contribution in [3.05, 3.63) is 0 Å². The number of piperidine rings is 1. The van der Waals surface area contributed by atoms with Gasteiger partial charge in [-0.05, 0) is 39.8 Å². The van der Waals surface area contributed by atoms with Crippen molar-refractivity contribution in [3.63, 3.8) is 0 Å². The van der Waals surface area contributed by atoms with E-state index >= 15 is 0 Å². The third-order valence-electron chi connectivity index (χ3n) is 4.03. The molecule has 0 atom stereocenters. The van der Waals surface area contributed by atoms with Crippen molar-refractivity contribution in [1.82, 2.24) is 15.5 Å². The van der Waals surface area contributed by atoms with Gasteiger partial charge in [0.1, 0.15) is 0 Å². The molecule has 2 rings (SSSR count). The van der Waals surface area contributed by atoms with E-state index in [1.54, 1.807) is 0 Å². The van der Waals surface area contributed by atoms with Gasteiger partial charge in [-0.1, -0.05) is 0 Å². The van der Waals surface area contributed by atoms with Crippen LogP contribution in [-0.4, -0.2) is 62.4 Å². The Labute approximate surface area is 105 Å². The molecule has 2 aliphatic heterocycles. The van der Waals surface area contributed by atoms with Crippen molar-refractivity contribution in [3.8, 4) is 0 Å². The first kappa shape index (κ1) is 13.3. The summed E-state index contributed by atoms with van der Waals surface area (Å²) in [6.07, 6.45) is 2.53. The van der Waals surface area contributed by atoms with Gasteiger partial charge in [-0.2, -0.15) is 0 Å². The van der Waals surface area contributed by atoms with Crippen LogP contribution in [0.15, 0.2) is 0 Å². The van der Waals surface area contributed by atoms with Crippen LogP contribution in [0, 0.1) is 0 Å². The summed E-state index contributed by atoms with van der Waals surface area (Å²) in [5.74, 6) is 0. The van der Waals surface area contributed by atoms with Crippen LogP contribution in [0.25, 0.3) is 0 Å². The van der Waals surface area contributed by atoms with Crippen molar-refractivity contribution in [2.24, 2.45) is 0 Å². The molecule has 2 aliphatic rings. The van der Waals surface area contributed by atoms with Gasteiger partial charge >= 0.3 is 0 Å². The SMILES string of the molecule is CC(C)(CNC1CCNCC1)N1CCOCC1. The average molecular weight is 241 g/mol. The highest BCUT2D eigenvalue weighted by molar-refractivity contribution is 4.87. The van der Waals surface area contributed by atoms with Gasteiger partial charge in [-0.15, -0.1) is 0 Å². The van der Waals surface area contributed by atoms with Crippen LogP contribution in [0.3, 0.4) is 0 Å². The number of morpholine rings is 1. The van der Waals surface area contributed by atoms with E-state index in [1.165, 1.54) is 12.8 Å². The van der Waals surface area contributed by atoms with Gasteiger partial charge in [0, 0.05) is 31.2 Å². The zero-order chi connectivity index (χ0) is 12.1. The van der Waals surface area contributed by atoms with Crippen LogP contribution in [0.1, 0.15) is 26.7 Å². The predicted octanol–water partition coefficient (Wildman–Crippen LogP) is 0.439. The molecule has 0 radical (unpaired) electrons. The van der Waals surface area contributed by atoms with Gasteiger partial charge in [0.25, 0.3) is 0 Å². The molecule has 0 saturated carbocycles. The molecule has 0 aliphatic carbocycles. The van der Waals surface area contributed by atoms with Crippen LogP contribution in [0.5, 0.6) is 0 Å². The molecule has 0 aromatic carbocycles. The van der Waals surface area contributed by atoms with Crippen molar-refractivity contribution in [2.75, 3.05) is 45.9 Å². The molecule has 2 saturated heterocycles. The highest BCUT2D eigenvalue weighted by Gasteiger charge is 2.28. The number of nitrogens with one attached hydrogen (secondary N) is 2. The summed E-state index contributed by atoms with van der Waals surface area (Å²) in [4.78, 5) is 2.55. The standard InChI is InChI=1S/C13H27N3O/c1-13(2,16-7-9-17-10-8-16)11-15-12-3-5-14-6-4-12/h12,14-15H,3-11H2,1-2H3. The Morgan fingerprint density at radius 1 is 1.24 bits per heavy atom. The van der Waals surface area contributed by atoms with Gasteiger partial charge < -0.3 is 15.4 Å². The Bertz CT molecular complexity index is 221. The first-order chi connectivity index (χ1) is 8.18. The van der Waals surface area contributed by atoms with Gasteiger partial charge in [0.05, 0.1) is 13.2 Å². The quantitative estimate of drug-likeness (QED) is 0.749. The molecule has 2 N–H and O–H groups in total. The van der Waals surface area contributed by atoms with E-state index in [9.17, 15) is 0 Å². The lowest BCUT2D eigenvalue weighted by molar-refractivity contribution is -0.0106. The fourth-order valence-electron chi connectivity index (χ4n) is 2.70. The van der Waals surface area contributed by atoms with Gasteiger partial charge in [0.15, 0.2) is 0 Å². The Morgan fingerprint density at radius 2 is 1.88 bits per heavy atom. The largest absolute Gasteiger partial charge is 0.379 e. The van der Waals surface area contributed by atoms with Crippen LogP contribution in [-0.2, 0) is 4.74 Å². The maximum atomic E-state index is 5.42. The summed E-state index contributed by atoms with van der Waals surface area (Å²) in [6, 6.07) is 0.705. The Morgan fingerprint density at radius 3 is 2.53 bits per heavy atom. The monoisotopic (exact) mass is 241 g/mol. The van der Waals surface area contributed by atoms with Crippen molar-refractivity contribution in [1.29, 1.82) is 0 Å². The summed E-state index contributed by atoms with van der Waals surface area (Å²) in [5, 5.41) is 7.14. The first-order valence-corrected chi connectivity index (χ1v) is 6.95. The normalized spacial score (nSPS) is 25.1. The smallest absolute Gasteiger partial charge is 0.0594 e.